The van der Waals surface area contributed by atoms with Crippen LogP contribution in [0.15, 0.2) is 27.8 Å². The van der Waals surface area contributed by atoms with Gasteiger partial charge in [-0.1, -0.05) is 29.6 Å². The number of oxime groups is 1. The Labute approximate surface area is 130 Å². The highest BCUT2D eigenvalue weighted by atomic mass is 79.9. The van der Waals surface area contributed by atoms with Crippen molar-refractivity contribution in [2.24, 2.45) is 10.9 Å². The first-order valence-electron chi connectivity index (χ1n) is 6.24. The highest BCUT2D eigenvalue weighted by Crippen LogP contribution is 2.31. The van der Waals surface area contributed by atoms with Crippen LogP contribution < -0.4 is 11.1 Å². The van der Waals surface area contributed by atoms with Crippen molar-refractivity contribution in [3.05, 3.63) is 33.3 Å². The summed E-state index contributed by atoms with van der Waals surface area (Å²) in [6.07, 6.45) is 3.17. The Morgan fingerprint density at radius 2 is 2.10 bits per heavy atom. The number of carbonyl (C=O) groups is 1. The van der Waals surface area contributed by atoms with Gasteiger partial charge in [-0.25, -0.2) is 0 Å². The Bertz CT molecular complexity index is 557. The van der Waals surface area contributed by atoms with Gasteiger partial charge in [0.05, 0.1) is 5.56 Å². The summed E-state index contributed by atoms with van der Waals surface area (Å²) in [7, 11) is 0. The van der Waals surface area contributed by atoms with Crippen LogP contribution in [0.3, 0.4) is 0 Å². The molecular formula is C13H15BrClN3O2. The fraction of sp³-hybridized carbons (Fsp3) is 0.385. The monoisotopic (exact) mass is 359 g/mol. The van der Waals surface area contributed by atoms with Gasteiger partial charge < -0.3 is 16.3 Å². The van der Waals surface area contributed by atoms with E-state index in [-0.39, 0.29) is 11.7 Å². The molecule has 108 valence electrons. The van der Waals surface area contributed by atoms with Crippen molar-refractivity contribution in [2.75, 3.05) is 0 Å². The van der Waals surface area contributed by atoms with E-state index in [1.807, 2.05) is 0 Å². The summed E-state index contributed by atoms with van der Waals surface area (Å²) >= 11 is 9.23. The number of halogens is 2. The maximum absolute atomic E-state index is 12.4. The summed E-state index contributed by atoms with van der Waals surface area (Å²) in [4.78, 5) is 12.4. The Morgan fingerprint density at radius 3 is 2.70 bits per heavy atom. The number of amidine groups is 1. The fourth-order valence-electron chi connectivity index (χ4n) is 2.48. The minimum absolute atomic E-state index is 0.0431. The zero-order valence-electron chi connectivity index (χ0n) is 10.7. The number of hydrogen-bond acceptors (Lipinski definition) is 3. The van der Waals surface area contributed by atoms with Crippen molar-refractivity contribution in [3.8, 4) is 0 Å². The van der Waals surface area contributed by atoms with E-state index in [2.05, 4.69) is 26.4 Å². The molecule has 5 nitrogen and oxygen atoms in total. The van der Waals surface area contributed by atoms with E-state index in [0.29, 0.717) is 27.9 Å². The summed E-state index contributed by atoms with van der Waals surface area (Å²) < 4.78 is 0.645. The molecule has 20 heavy (non-hydrogen) atoms. The van der Waals surface area contributed by atoms with Gasteiger partial charge in [0, 0.05) is 9.50 Å². The van der Waals surface area contributed by atoms with Gasteiger partial charge in [-0.3, -0.25) is 4.79 Å². The molecule has 1 fully saturated rings. The van der Waals surface area contributed by atoms with Crippen molar-refractivity contribution in [1.82, 2.24) is 5.32 Å². The third-order valence-corrected chi connectivity index (χ3v) is 4.51. The van der Waals surface area contributed by atoms with Crippen LogP contribution in [-0.2, 0) is 0 Å². The van der Waals surface area contributed by atoms with Crippen LogP contribution in [-0.4, -0.2) is 22.5 Å². The Kier molecular flexibility index (Phi) is 4.55. The van der Waals surface area contributed by atoms with Crippen LogP contribution in [0.1, 0.15) is 36.0 Å². The molecule has 1 aromatic carbocycles. The summed E-state index contributed by atoms with van der Waals surface area (Å²) in [6.45, 7) is 0. The lowest BCUT2D eigenvalue weighted by atomic mass is 9.95. The van der Waals surface area contributed by atoms with Crippen LogP contribution in [0.25, 0.3) is 0 Å². The fourth-order valence-corrected chi connectivity index (χ4v) is 3.07. The number of hydrogen-bond donors (Lipinski definition) is 3. The maximum atomic E-state index is 12.4. The SMILES string of the molecule is N/C(=N/O)C1(NC(=O)c2cc(Cl)ccc2Br)CCCC1. The molecule has 1 amide bonds. The highest BCUT2D eigenvalue weighted by molar-refractivity contribution is 9.10. The zero-order valence-corrected chi connectivity index (χ0v) is 13.0. The molecular weight excluding hydrogens is 346 g/mol. The van der Waals surface area contributed by atoms with Crippen molar-refractivity contribution in [3.63, 3.8) is 0 Å². The van der Waals surface area contributed by atoms with Gasteiger partial charge in [0.2, 0.25) is 0 Å². The van der Waals surface area contributed by atoms with Gasteiger partial charge in [-0.05, 0) is 47.0 Å². The molecule has 1 aromatic rings. The molecule has 1 saturated carbocycles. The lowest BCUT2D eigenvalue weighted by Gasteiger charge is -2.29. The molecule has 7 heteroatoms. The molecule has 1 aliphatic carbocycles. The molecule has 0 unspecified atom stereocenters. The molecule has 0 atom stereocenters. The molecule has 0 saturated heterocycles. The van der Waals surface area contributed by atoms with E-state index in [9.17, 15) is 4.79 Å². The summed E-state index contributed by atoms with van der Waals surface area (Å²) in [5.41, 5.74) is 5.41. The van der Waals surface area contributed by atoms with E-state index >= 15 is 0 Å². The first-order chi connectivity index (χ1) is 9.48. The number of carbonyl (C=O) groups excluding carboxylic acids is 1. The van der Waals surface area contributed by atoms with Gasteiger partial charge >= 0.3 is 0 Å². The van der Waals surface area contributed by atoms with E-state index in [1.54, 1.807) is 18.2 Å². The highest BCUT2D eigenvalue weighted by Gasteiger charge is 2.40. The lowest BCUT2D eigenvalue weighted by molar-refractivity contribution is 0.0922. The largest absolute Gasteiger partial charge is 0.409 e. The molecule has 4 N–H and O–H groups in total. The predicted octanol–water partition coefficient (Wildman–Crippen LogP) is 2.89. The second kappa shape index (κ2) is 6.01. The van der Waals surface area contributed by atoms with Crippen LogP contribution in [0.4, 0.5) is 0 Å². The number of nitrogens with one attached hydrogen (secondary N) is 1. The molecule has 0 bridgehead atoms. The molecule has 0 spiro atoms. The van der Waals surface area contributed by atoms with Crippen LogP contribution in [0.2, 0.25) is 5.02 Å². The minimum atomic E-state index is -0.770. The average molecular weight is 361 g/mol. The normalized spacial score (nSPS) is 18.0. The molecule has 0 aliphatic heterocycles. The maximum Gasteiger partial charge on any atom is 0.253 e. The number of nitrogens with two attached hydrogens (primary N) is 1. The minimum Gasteiger partial charge on any atom is -0.409 e. The van der Waals surface area contributed by atoms with E-state index in [0.717, 1.165) is 12.8 Å². The first kappa shape index (κ1) is 15.1. The Morgan fingerprint density at radius 1 is 1.45 bits per heavy atom. The third-order valence-electron chi connectivity index (χ3n) is 3.58. The van der Waals surface area contributed by atoms with Crippen molar-refractivity contribution < 1.29 is 10.0 Å². The number of nitrogens with zero attached hydrogens (tertiary/aromatic N) is 1. The third kappa shape index (κ3) is 2.91. The summed E-state index contributed by atoms with van der Waals surface area (Å²) in [5.74, 6) is -0.255. The van der Waals surface area contributed by atoms with E-state index in [4.69, 9.17) is 22.5 Å². The molecule has 2 rings (SSSR count). The topological polar surface area (TPSA) is 87.7 Å². The van der Waals surface area contributed by atoms with Crippen LogP contribution >= 0.6 is 27.5 Å². The first-order valence-corrected chi connectivity index (χ1v) is 7.41. The quantitative estimate of drug-likeness (QED) is 0.335. The van der Waals surface area contributed by atoms with Crippen molar-refractivity contribution in [2.45, 2.75) is 31.2 Å². The average Bonchev–Trinajstić information content (AvgIpc) is 2.90. The molecule has 0 radical (unpaired) electrons. The van der Waals surface area contributed by atoms with Gasteiger partial charge in [-0.15, -0.1) is 0 Å². The molecule has 1 aliphatic rings. The van der Waals surface area contributed by atoms with Crippen LogP contribution in [0.5, 0.6) is 0 Å². The zero-order chi connectivity index (χ0) is 14.8. The van der Waals surface area contributed by atoms with Crippen LogP contribution in [0, 0.1) is 0 Å². The van der Waals surface area contributed by atoms with E-state index < -0.39 is 5.54 Å². The number of rotatable bonds is 3. The van der Waals surface area contributed by atoms with Gasteiger partial charge in [0.25, 0.3) is 5.91 Å². The van der Waals surface area contributed by atoms with Gasteiger partial charge in [0.1, 0.15) is 5.54 Å². The predicted molar refractivity (Wildman–Crippen MR) is 81.2 cm³/mol. The molecule has 0 aromatic heterocycles. The lowest BCUT2D eigenvalue weighted by Crippen LogP contribution is -2.55. The summed E-state index contributed by atoms with van der Waals surface area (Å²) in [5, 5.41) is 15.4. The standard InChI is InChI=1S/C13H15BrClN3O2/c14-10-4-3-8(15)7-9(10)11(19)17-13(12(16)18-20)5-1-2-6-13/h3-4,7,20H,1-2,5-6H2,(H2,16,18)(H,17,19). The van der Waals surface area contributed by atoms with E-state index in [1.165, 1.54) is 0 Å². The van der Waals surface area contributed by atoms with Crippen molar-refractivity contribution >= 4 is 39.3 Å². The Balaban J connectivity index is 2.27. The van der Waals surface area contributed by atoms with Crippen molar-refractivity contribution in [1.29, 1.82) is 0 Å². The number of amides is 1. The smallest absolute Gasteiger partial charge is 0.253 e. The number of benzene rings is 1. The second-order valence-corrected chi connectivity index (χ2v) is 6.14. The molecule has 0 heterocycles. The summed E-state index contributed by atoms with van der Waals surface area (Å²) in [6, 6.07) is 4.98. The van der Waals surface area contributed by atoms with Gasteiger partial charge in [0.15, 0.2) is 5.84 Å². The Hall–Kier alpha value is -1.27. The van der Waals surface area contributed by atoms with Gasteiger partial charge in [-0.2, -0.15) is 0 Å². The second-order valence-electron chi connectivity index (χ2n) is 4.85.